The zero-order valence-electron chi connectivity index (χ0n) is 25.4. The molecule has 1 aromatic carbocycles. The predicted octanol–water partition coefficient (Wildman–Crippen LogP) is 6.67. The minimum Gasteiger partial charge on any atom is -0.478 e. The van der Waals surface area contributed by atoms with Crippen LogP contribution >= 0.6 is 0 Å². The van der Waals surface area contributed by atoms with Gasteiger partial charge >= 0.3 is 11.9 Å². The molecule has 0 saturated heterocycles. The summed E-state index contributed by atoms with van der Waals surface area (Å²) >= 11 is 0. The highest BCUT2D eigenvalue weighted by Crippen LogP contribution is 2.22. The van der Waals surface area contributed by atoms with E-state index >= 15 is 0 Å². The van der Waals surface area contributed by atoms with Crippen LogP contribution in [0.15, 0.2) is 12.1 Å². The average Bonchev–Trinajstić information content (AvgIpc) is 2.94. The number of ether oxygens (including phenoxy) is 4. The lowest BCUT2D eigenvalue weighted by molar-refractivity contribution is 0.0316. The van der Waals surface area contributed by atoms with E-state index in [-0.39, 0.29) is 29.7 Å². The summed E-state index contributed by atoms with van der Waals surface area (Å²) in [5.41, 5.74) is 0.860. The van der Waals surface area contributed by atoms with Crippen molar-refractivity contribution >= 4 is 11.9 Å². The van der Waals surface area contributed by atoms with E-state index < -0.39 is 11.9 Å². The summed E-state index contributed by atoms with van der Waals surface area (Å²) in [6.07, 6.45) is 9.88. The van der Waals surface area contributed by atoms with Crippen LogP contribution in [-0.4, -0.2) is 75.0 Å². The fraction of sp³-hybridized carbons (Fsp3) is 0.750. The van der Waals surface area contributed by atoms with Gasteiger partial charge in [0.1, 0.15) is 0 Å². The van der Waals surface area contributed by atoms with Crippen LogP contribution < -0.4 is 0 Å². The average molecular weight is 567 g/mol. The van der Waals surface area contributed by atoms with E-state index in [1.54, 1.807) is 6.07 Å². The molecule has 1 rings (SSSR count). The molecule has 8 heteroatoms. The van der Waals surface area contributed by atoms with E-state index in [0.29, 0.717) is 63.5 Å². The summed E-state index contributed by atoms with van der Waals surface area (Å²) in [5, 5.41) is 19.6. The number of hydrogen-bond donors (Lipinski definition) is 2. The number of aromatic carboxylic acids is 2. The quantitative estimate of drug-likeness (QED) is 0.120. The van der Waals surface area contributed by atoms with Gasteiger partial charge in [0.05, 0.1) is 50.8 Å². The molecule has 40 heavy (non-hydrogen) atoms. The first-order chi connectivity index (χ1) is 19.4. The maximum Gasteiger partial charge on any atom is 0.336 e. The SMILES string of the molecule is CCCCC(CC)COCCOCCc1ccc(C(=O)O)c(CCOCCOCC(CC)CCCC)c1C(=O)O. The highest BCUT2D eigenvalue weighted by molar-refractivity contribution is 5.97. The van der Waals surface area contributed by atoms with E-state index in [1.165, 1.54) is 38.2 Å². The topological polar surface area (TPSA) is 112 Å². The molecule has 0 aromatic heterocycles. The molecule has 8 nitrogen and oxygen atoms in total. The van der Waals surface area contributed by atoms with Crippen molar-refractivity contribution in [3.63, 3.8) is 0 Å². The molecule has 1 aromatic rings. The van der Waals surface area contributed by atoms with Gasteiger partial charge in [-0.3, -0.25) is 0 Å². The van der Waals surface area contributed by atoms with Gasteiger partial charge in [-0.1, -0.05) is 72.3 Å². The van der Waals surface area contributed by atoms with Crippen molar-refractivity contribution in [2.45, 2.75) is 91.9 Å². The van der Waals surface area contributed by atoms with Crippen molar-refractivity contribution < 1.29 is 38.7 Å². The Balaban J connectivity index is 2.57. The highest BCUT2D eigenvalue weighted by atomic mass is 16.5. The summed E-state index contributed by atoms with van der Waals surface area (Å²) in [6, 6.07) is 3.06. The Morgan fingerprint density at radius 1 is 0.675 bits per heavy atom. The van der Waals surface area contributed by atoms with Crippen LogP contribution in [0.1, 0.15) is 111 Å². The van der Waals surface area contributed by atoms with E-state index in [2.05, 4.69) is 27.7 Å². The lowest BCUT2D eigenvalue weighted by atomic mass is 9.92. The number of rotatable bonds is 26. The maximum absolute atomic E-state index is 12.2. The molecule has 0 aliphatic heterocycles. The van der Waals surface area contributed by atoms with Crippen LogP contribution in [0.4, 0.5) is 0 Å². The second-order valence-corrected chi connectivity index (χ2v) is 10.4. The van der Waals surface area contributed by atoms with Crippen molar-refractivity contribution in [3.05, 3.63) is 34.4 Å². The molecule has 2 atom stereocenters. The Kier molecular flexibility index (Phi) is 20.4. The van der Waals surface area contributed by atoms with Gasteiger partial charge in [-0.05, 0) is 54.7 Å². The van der Waals surface area contributed by atoms with Crippen molar-refractivity contribution in [1.29, 1.82) is 0 Å². The molecule has 0 heterocycles. The number of carbonyl (C=O) groups is 2. The van der Waals surface area contributed by atoms with Crippen LogP contribution in [0.5, 0.6) is 0 Å². The highest BCUT2D eigenvalue weighted by Gasteiger charge is 2.22. The molecular weight excluding hydrogens is 512 g/mol. The van der Waals surface area contributed by atoms with E-state index in [9.17, 15) is 19.8 Å². The van der Waals surface area contributed by atoms with Crippen LogP contribution in [0, 0.1) is 11.8 Å². The summed E-state index contributed by atoms with van der Waals surface area (Å²) in [4.78, 5) is 24.0. The third-order valence-corrected chi connectivity index (χ3v) is 7.39. The molecular formula is C32H54O8. The minimum absolute atomic E-state index is 0.00872. The van der Waals surface area contributed by atoms with Gasteiger partial charge in [-0.15, -0.1) is 0 Å². The smallest absolute Gasteiger partial charge is 0.336 e. The molecule has 2 unspecified atom stereocenters. The van der Waals surface area contributed by atoms with Gasteiger partial charge in [-0.2, -0.15) is 0 Å². The minimum atomic E-state index is -1.15. The summed E-state index contributed by atoms with van der Waals surface area (Å²) in [5.74, 6) is -1.16. The molecule has 2 N–H and O–H groups in total. The zero-order valence-corrected chi connectivity index (χ0v) is 25.4. The Bertz CT molecular complexity index is 825. The molecule has 0 bridgehead atoms. The van der Waals surface area contributed by atoms with E-state index in [1.807, 2.05) is 0 Å². The standard InChI is InChI=1S/C32H54O8/c1-5-9-11-25(7-3)23-39-21-19-37-17-15-27-13-14-29(31(33)34)28(30(27)32(35)36)16-18-38-20-22-40-24-26(8-4)12-10-6-2/h13-14,25-26H,5-12,15-24H2,1-4H3,(H,33,34)(H,35,36). The van der Waals surface area contributed by atoms with Crippen LogP contribution in [0.25, 0.3) is 0 Å². The monoisotopic (exact) mass is 566 g/mol. The van der Waals surface area contributed by atoms with Gasteiger partial charge < -0.3 is 29.2 Å². The molecule has 0 spiro atoms. The maximum atomic E-state index is 12.2. The normalized spacial score (nSPS) is 12.9. The second-order valence-electron chi connectivity index (χ2n) is 10.4. The molecule has 0 amide bonds. The largest absolute Gasteiger partial charge is 0.478 e. The number of unbranched alkanes of at least 4 members (excludes halogenated alkanes) is 2. The van der Waals surface area contributed by atoms with Crippen LogP contribution in [0.3, 0.4) is 0 Å². The molecule has 230 valence electrons. The Labute approximate surface area is 241 Å². The molecule has 0 aliphatic carbocycles. The molecule has 0 fully saturated rings. The van der Waals surface area contributed by atoms with Gasteiger partial charge in [0.25, 0.3) is 0 Å². The first-order valence-corrected chi connectivity index (χ1v) is 15.3. The van der Waals surface area contributed by atoms with Gasteiger partial charge in [0.2, 0.25) is 0 Å². The van der Waals surface area contributed by atoms with Gasteiger partial charge in [0.15, 0.2) is 0 Å². The van der Waals surface area contributed by atoms with Crippen molar-refractivity contribution in [2.75, 3.05) is 52.9 Å². The van der Waals surface area contributed by atoms with E-state index in [4.69, 9.17) is 18.9 Å². The van der Waals surface area contributed by atoms with Crippen LogP contribution in [-0.2, 0) is 31.8 Å². The van der Waals surface area contributed by atoms with Crippen molar-refractivity contribution in [1.82, 2.24) is 0 Å². The Morgan fingerprint density at radius 3 is 1.62 bits per heavy atom. The Hall–Kier alpha value is -2.00. The predicted molar refractivity (Wildman–Crippen MR) is 158 cm³/mol. The van der Waals surface area contributed by atoms with Gasteiger partial charge in [0, 0.05) is 13.2 Å². The lowest BCUT2D eigenvalue weighted by Gasteiger charge is -2.16. The first kappa shape index (κ1) is 36.0. The van der Waals surface area contributed by atoms with Crippen molar-refractivity contribution in [3.8, 4) is 0 Å². The third-order valence-electron chi connectivity index (χ3n) is 7.39. The number of carboxylic acids is 2. The molecule has 0 aliphatic rings. The Morgan fingerprint density at radius 2 is 1.18 bits per heavy atom. The summed E-state index contributed by atoms with van der Waals surface area (Å²) in [6.45, 7) is 12.5. The molecule has 0 saturated carbocycles. The zero-order chi connectivity index (χ0) is 29.6. The number of benzene rings is 1. The fourth-order valence-corrected chi connectivity index (χ4v) is 4.72. The second kappa shape index (κ2) is 22.7. The first-order valence-electron chi connectivity index (χ1n) is 15.3. The fourth-order valence-electron chi connectivity index (χ4n) is 4.72. The van der Waals surface area contributed by atoms with Crippen molar-refractivity contribution in [2.24, 2.45) is 11.8 Å². The van der Waals surface area contributed by atoms with Gasteiger partial charge in [-0.25, -0.2) is 9.59 Å². The molecule has 0 radical (unpaired) electrons. The van der Waals surface area contributed by atoms with Crippen LogP contribution in [0.2, 0.25) is 0 Å². The van der Waals surface area contributed by atoms with E-state index in [0.717, 1.165) is 25.9 Å². The number of hydrogen-bond acceptors (Lipinski definition) is 6. The summed E-state index contributed by atoms with van der Waals surface area (Å²) in [7, 11) is 0. The summed E-state index contributed by atoms with van der Waals surface area (Å²) < 4.78 is 22.9. The number of carboxylic acid groups (broad SMARTS) is 2. The third kappa shape index (κ3) is 14.6. The lowest BCUT2D eigenvalue weighted by Crippen LogP contribution is -2.17.